The summed E-state index contributed by atoms with van der Waals surface area (Å²) in [6.45, 7) is 0.410. The summed E-state index contributed by atoms with van der Waals surface area (Å²) in [6, 6.07) is 11.7. The summed E-state index contributed by atoms with van der Waals surface area (Å²) in [5, 5.41) is 12.3. The minimum atomic E-state index is -0.296. The third-order valence-electron chi connectivity index (χ3n) is 2.78. The van der Waals surface area contributed by atoms with Crippen molar-refractivity contribution in [3.05, 3.63) is 58.6 Å². The number of hydrogen-bond donors (Lipinski definition) is 2. The van der Waals surface area contributed by atoms with Gasteiger partial charge in [-0.3, -0.25) is 4.79 Å². The highest BCUT2D eigenvalue weighted by atomic mass is 35.5. The van der Waals surface area contributed by atoms with Crippen molar-refractivity contribution in [2.45, 2.75) is 6.61 Å². The maximum atomic E-state index is 12.1. The van der Waals surface area contributed by atoms with Gasteiger partial charge in [-0.2, -0.15) is 0 Å². The van der Waals surface area contributed by atoms with Gasteiger partial charge in [0.25, 0.3) is 5.91 Å². The number of ether oxygens (including phenoxy) is 1. The summed E-state index contributed by atoms with van der Waals surface area (Å²) < 4.78 is 5.09. The highest BCUT2D eigenvalue weighted by molar-refractivity contribution is 6.32. The Morgan fingerprint density at radius 2 is 2.05 bits per heavy atom. The van der Waals surface area contributed by atoms with Crippen LogP contribution in [0, 0.1) is 0 Å². The normalized spacial score (nSPS) is 10.3. The van der Waals surface area contributed by atoms with Gasteiger partial charge in [0, 0.05) is 23.9 Å². The van der Waals surface area contributed by atoms with Crippen molar-refractivity contribution in [3.63, 3.8) is 0 Å². The van der Waals surface area contributed by atoms with E-state index in [2.05, 4.69) is 5.32 Å². The standard InChI is InChI=1S/C15H14ClNO3/c1-20-9-11-4-2-3-5-13(11)17-15(19)10-6-7-14(18)12(16)8-10/h2-8,18H,9H2,1H3,(H,17,19). The number of carbonyl (C=O) groups is 1. The second kappa shape index (κ2) is 6.41. The van der Waals surface area contributed by atoms with Crippen molar-refractivity contribution in [1.29, 1.82) is 0 Å². The molecule has 4 nitrogen and oxygen atoms in total. The van der Waals surface area contributed by atoms with Crippen LogP contribution in [0.1, 0.15) is 15.9 Å². The predicted octanol–water partition coefficient (Wildman–Crippen LogP) is 3.44. The second-order valence-electron chi connectivity index (χ2n) is 4.21. The number of nitrogens with one attached hydrogen (secondary N) is 1. The van der Waals surface area contributed by atoms with Gasteiger partial charge in [-0.15, -0.1) is 0 Å². The fourth-order valence-corrected chi connectivity index (χ4v) is 1.95. The lowest BCUT2D eigenvalue weighted by Gasteiger charge is -2.10. The van der Waals surface area contributed by atoms with Crippen LogP contribution in [0.3, 0.4) is 0 Å². The van der Waals surface area contributed by atoms with Crippen LogP contribution in [-0.2, 0) is 11.3 Å². The molecule has 0 aliphatic rings. The number of rotatable bonds is 4. The molecule has 2 rings (SSSR count). The van der Waals surface area contributed by atoms with Gasteiger partial charge in [-0.25, -0.2) is 0 Å². The van der Waals surface area contributed by atoms with E-state index in [1.54, 1.807) is 13.2 Å². The Morgan fingerprint density at radius 3 is 2.75 bits per heavy atom. The Bertz CT molecular complexity index is 628. The van der Waals surface area contributed by atoms with Crippen LogP contribution in [0.5, 0.6) is 5.75 Å². The maximum absolute atomic E-state index is 12.1. The molecule has 0 unspecified atom stereocenters. The molecular weight excluding hydrogens is 278 g/mol. The largest absolute Gasteiger partial charge is 0.506 e. The summed E-state index contributed by atoms with van der Waals surface area (Å²) in [7, 11) is 1.60. The zero-order chi connectivity index (χ0) is 14.5. The minimum Gasteiger partial charge on any atom is -0.506 e. The predicted molar refractivity (Wildman–Crippen MR) is 78.2 cm³/mol. The van der Waals surface area contributed by atoms with Gasteiger partial charge in [0.15, 0.2) is 0 Å². The number of carbonyl (C=O) groups excluding carboxylic acids is 1. The molecule has 0 radical (unpaired) electrons. The third kappa shape index (κ3) is 3.29. The SMILES string of the molecule is COCc1ccccc1NC(=O)c1ccc(O)c(Cl)c1. The molecule has 20 heavy (non-hydrogen) atoms. The number of phenols is 1. The van der Waals surface area contributed by atoms with Crippen LogP contribution in [0.15, 0.2) is 42.5 Å². The average Bonchev–Trinajstić information content (AvgIpc) is 2.44. The average molecular weight is 292 g/mol. The molecule has 2 N–H and O–H groups in total. The van der Waals surface area contributed by atoms with E-state index in [9.17, 15) is 9.90 Å². The van der Waals surface area contributed by atoms with Crippen LogP contribution in [0.25, 0.3) is 0 Å². The Kier molecular flexibility index (Phi) is 4.61. The molecule has 0 saturated heterocycles. The zero-order valence-electron chi connectivity index (χ0n) is 10.9. The van der Waals surface area contributed by atoms with E-state index in [1.807, 2.05) is 18.2 Å². The topological polar surface area (TPSA) is 58.6 Å². The number of anilines is 1. The molecule has 5 heteroatoms. The first-order chi connectivity index (χ1) is 9.61. The molecule has 104 valence electrons. The summed E-state index contributed by atoms with van der Waals surface area (Å²) in [6.07, 6.45) is 0. The number of aromatic hydroxyl groups is 1. The Hall–Kier alpha value is -2.04. The van der Waals surface area contributed by atoms with Gasteiger partial charge in [0.2, 0.25) is 0 Å². The quantitative estimate of drug-likeness (QED) is 0.907. The lowest BCUT2D eigenvalue weighted by molar-refractivity contribution is 0.102. The van der Waals surface area contributed by atoms with Crippen molar-refractivity contribution in [2.24, 2.45) is 0 Å². The molecule has 0 fully saturated rings. The number of halogens is 1. The number of benzene rings is 2. The summed E-state index contributed by atoms with van der Waals surface area (Å²) in [5.74, 6) is -0.349. The zero-order valence-corrected chi connectivity index (χ0v) is 11.6. The summed E-state index contributed by atoms with van der Waals surface area (Å²) >= 11 is 5.79. The third-order valence-corrected chi connectivity index (χ3v) is 3.08. The Morgan fingerprint density at radius 1 is 1.30 bits per heavy atom. The highest BCUT2D eigenvalue weighted by Crippen LogP contribution is 2.24. The number of hydrogen-bond acceptors (Lipinski definition) is 3. The van der Waals surface area contributed by atoms with Gasteiger partial charge < -0.3 is 15.2 Å². The first-order valence-electron chi connectivity index (χ1n) is 5.98. The van der Waals surface area contributed by atoms with Crippen molar-refractivity contribution in [2.75, 3.05) is 12.4 Å². The number of methoxy groups -OCH3 is 1. The van der Waals surface area contributed by atoms with Crippen LogP contribution in [0.4, 0.5) is 5.69 Å². The van der Waals surface area contributed by atoms with E-state index in [0.717, 1.165) is 5.56 Å². The molecule has 0 aliphatic carbocycles. The molecule has 0 aromatic heterocycles. The van der Waals surface area contributed by atoms with E-state index in [0.29, 0.717) is 17.9 Å². The van der Waals surface area contributed by atoms with Gasteiger partial charge >= 0.3 is 0 Å². The van der Waals surface area contributed by atoms with Gasteiger partial charge in [-0.1, -0.05) is 29.8 Å². The van der Waals surface area contributed by atoms with Crippen molar-refractivity contribution in [1.82, 2.24) is 0 Å². The molecule has 2 aromatic carbocycles. The van der Waals surface area contributed by atoms with Gasteiger partial charge in [0.05, 0.1) is 11.6 Å². The lowest BCUT2D eigenvalue weighted by atomic mass is 10.1. The number of phenolic OH excluding ortho intramolecular Hbond substituents is 1. The number of amides is 1. The lowest BCUT2D eigenvalue weighted by Crippen LogP contribution is -2.13. The van der Waals surface area contributed by atoms with Crippen LogP contribution < -0.4 is 5.32 Å². The molecular formula is C15H14ClNO3. The van der Waals surface area contributed by atoms with E-state index in [1.165, 1.54) is 18.2 Å². The molecule has 0 saturated carbocycles. The molecule has 0 bridgehead atoms. The van der Waals surface area contributed by atoms with Crippen molar-refractivity contribution >= 4 is 23.2 Å². The highest BCUT2D eigenvalue weighted by Gasteiger charge is 2.10. The van der Waals surface area contributed by atoms with Crippen LogP contribution in [-0.4, -0.2) is 18.1 Å². The molecule has 2 aromatic rings. The minimum absolute atomic E-state index is 0.0528. The van der Waals surface area contributed by atoms with E-state index >= 15 is 0 Å². The molecule has 0 aliphatic heterocycles. The fourth-order valence-electron chi connectivity index (χ4n) is 1.77. The molecule has 0 spiro atoms. The molecule has 1 amide bonds. The monoisotopic (exact) mass is 291 g/mol. The maximum Gasteiger partial charge on any atom is 0.255 e. The summed E-state index contributed by atoms with van der Waals surface area (Å²) in [5.41, 5.74) is 1.94. The van der Waals surface area contributed by atoms with E-state index in [4.69, 9.17) is 16.3 Å². The van der Waals surface area contributed by atoms with Gasteiger partial charge in [-0.05, 0) is 24.3 Å². The van der Waals surface area contributed by atoms with Crippen molar-refractivity contribution < 1.29 is 14.6 Å². The Balaban J connectivity index is 2.21. The van der Waals surface area contributed by atoms with E-state index < -0.39 is 0 Å². The second-order valence-corrected chi connectivity index (χ2v) is 4.62. The van der Waals surface area contributed by atoms with Crippen molar-refractivity contribution in [3.8, 4) is 5.75 Å². The van der Waals surface area contributed by atoms with Gasteiger partial charge in [0.1, 0.15) is 5.75 Å². The molecule has 0 atom stereocenters. The summed E-state index contributed by atoms with van der Waals surface area (Å²) in [4.78, 5) is 12.1. The molecule has 0 heterocycles. The fraction of sp³-hybridized carbons (Fsp3) is 0.133. The van der Waals surface area contributed by atoms with Crippen LogP contribution >= 0.6 is 11.6 Å². The first-order valence-corrected chi connectivity index (χ1v) is 6.36. The smallest absolute Gasteiger partial charge is 0.255 e. The number of para-hydroxylation sites is 1. The Labute approximate surface area is 122 Å². The van der Waals surface area contributed by atoms with E-state index in [-0.39, 0.29) is 16.7 Å². The first kappa shape index (κ1) is 14.4. The van der Waals surface area contributed by atoms with Crippen LogP contribution in [0.2, 0.25) is 5.02 Å².